The molecule has 162 valence electrons. The topological polar surface area (TPSA) is 52.0 Å². The Labute approximate surface area is 180 Å². The van der Waals surface area contributed by atoms with Crippen molar-refractivity contribution >= 4 is 16.9 Å². The van der Waals surface area contributed by atoms with E-state index < -0.39 is 0 Å². The summed E-state index contributed by atoms with van der Waals surface area (Å²) in [5, 5.41) is 3.53. The largest absolute Gasteiger partial charge is 0.383 e. The number of nitrogens with one attached hydrogen (secondary N) is 1. The third kappa shape index (κ3) is 4.36. The standard InChI is InChI=1S/C25H36N4O/c1-9-19(14-30-8)29-13-18(7)24-22(29)12-17(6)23(28-24)20-10-11-21(15(2)3)27-25(20)26-16(4)5/h10-13,15-16,19H,9,14H2,1-8H3,(H,26,27)/t19-/m1/s1. The minimum atomic E-state index is 0.296. The molecular formula is C25H36N4O. The van der Waals surface area contributed by atoms with Crippen LogP contribution in [0.3, 0.4) is 0 Å². The average molecular weight is 409 g/mol. The summed E-state index contributed by atoms with van der Waals surface area (Å²) in [4.78, 5) is 10.1. The maximum atomic E-state index is 5.46. The van der Waals surface area contributed by atoms with Gasteiger partial charge in [-0.3, -0.25) is 0 Å². The van der Waals surface area contributed by atoms with E-state index in [1.807, 2.05) is 0 Å². The van der Waals surface area contributed by atoms with Crippen molar-refractivity contribution < 1.29 is 4.74 Å². The summed E-state index contributed by atoms with van der Waals surface area (Å²) >= 11 is 0. The highest BCUT2D eigenvalue weighted by molar-refractivity contribution is 5.86. The normalized spacial score (nSPS) is 12.9. The van der Waals surface area contributed by atoms with Crippen molar-refractivity contribution in [3.8, 4) is 11.3 Å². The summed E-state index contributed by atoms with van der Waals surface area (Å²) in [5.74, 6) is 1.29. The molecule has 3 rings (SSSR count). The van der Waals surface area contributed by atoms with Gasteiger partial charge in [-0.15, -0.1) is 0 Å². The molecule has 1 N–H and O–H groups in total. The lowest BCUT2D eigenvalue weighted by molar-refractivity contribution is 0.155. The summed E-state index contributed by atoms with van der Waals surface area (Å²) in [6.45, 7) is 15.8. The van der Waals surface area contributed by atoms with Crippen LogP contribution >= 0.6 is 0 Å². The Kier molecular flexibility index (Phi) is 6.81. The van der Waals surface area contributed by atoms with Crippen LogP contribution in [-0.4, -0.2) is 34.3 Å². The summed E-state index contributed by atoms with van der Waals surface area (Å²) in [7, 11) is 1.76. The molecule has 0 bridgehead atoms. The lowest BCUT2D eigenvalue weighted by atomic mass is 10.0. The summed E-state index contributed by atoms with van der Waals surface area (Å²) in [6, 6.07) is 7.16. The number of methoxy groups -OCH3 is 1. The highest BCUT2D eigenvalue weighted by Gasteiger charge is 2.19. The van der Waals surface area contributed by atoms with Crippen LogP contribution in [0.2, 0.25) is 0 Å². The zero-order valence-electron chi connectivity index (χ0n) is 19.7. The second-order valence-corrected chi connectivity index (χ2v) is 8.84. The molecule has 0 aliphatic carbocycles. The van der Waals surface area contributed by atoms with E-state index in [1.165, 1.54) is 11.1 Å². The molecule has 0 aliphatic heterocycles. The number of ether oxygens (including phenoxy) is 1. The Balaban J connectivity index is 2.18. The maximum Gasteiger partial charge on any atom is 0.135 e. The first kappa shape index (κ1) is 22.3. The van der Waals surface area contributed by atoms with Gasteiger partial charge in [-0.25, -0.2) is 9.97 Å². The molecule has 3 aromatic heterocycles. The Morgan fingerprint density at radius 1 is 1.07 bits per heavy atom. The minimum absolute atomic E-state index is 0.296. The van der Waals surface area contributed by atoms with E-state index in [2.05, 4.69) is 82.7 Å². The Hall–Kier alpha value is -2.40. The molecule has 5 nitrogen and oxygen atoms in total. The second kappa shape index (κ2) is 9.17. The average Bonchev–Trinajstić information content (AvgIpc) is 3.00. The lowest BCUT2D eigenvalue weighted by Crippen LogP contribution is -2.14. The highest BCUT2D eigenvalue weighted by atomic mass is 16.5. The molecule has 0 radical (unpaired) electrons. The van der Waals surface area contributed by atoms with E-state index in [1.54, 1.807) is 7.11 Å². The van der Waals surface area contributed by atoms with Gasteiger partial charge in [0.15, 0.2) is 0 Å². The van der Waals surface area contributed by atoms with Crippen molar-refractivity contribution in [3.05, 3.63) is 41.2 Å². The third-order valence-electron chi connectivity index (χ3n) is 5.59. The Bertz CT molecular complexity index is 1020. The SMILES string of the molecule is CC[C@H](COC)n1cc(C)c2nc(-c3ccc(C(C)C)nc3NC(C)C)c(C)cc21. The number of nitrogens with zero attached hydrogens (tertiary/aromatic N) is 3. The molecule has 0 fully saturated rings. The second-order valence-electron chi connectivity index (χ2n) is 8.84. The number of hydrogen-bond donors (Lipinski definition) is 1. The van der Waals surface area contributed by atoms with Crippen LogP contribution < -0.4 is 5.32 Å². The van der Waals surface area contributed by atoms with Crippen LogP contribution in [0.1, 0.15) is 69.8 Å². The Morgan fingerprint density at radius 2 is 1.80 bits per heavy atom. The molecule has 3 heterocycles. The van der Waals surface area contributed by atoms with Crippen LogP contribution in [0, 0.1) is 13.8 Å². The van der Waals surface area contributed by atoms with E-state index >= 15 is 0 Å². The maximum absolute atomic E-state index is 5.46. The fourth-order valence-electron chi connectivity index (χ4n) is 3.96. The molecule has 0 saturated heterocycles. The van der Waals surface area contributed by atoms with Crippen LogP contribution in [0.5, 0.6) is 0 Å². The fraction of sp³-hybridized carbons (Fsp3) is 0.520. The van der Waals surface area contributed by atoms with Crippen molar-refractivity contribution in [3.63, 3.8) is 0 Å². The van der Waals surface area contributed by atoms with Gasteiger partial charge in [-0.2, -0.15) is 0 Å². The molecule has 0 aliphatic rings. The van der Waals surface area contributed by atoms with Gasteiger partial charge in [-0.05, 0) is 69.4 Å². The van der Waals surface area contributed by atoms with Gasteiger partial charge < -0.3 is 14.6 Å². The molecule has 0 spiro atoms. The first-order valence-electron chi connectivity index (χ1n) is 11.0. The van der Waals surface area contributed by atoms with E-state index in [-0.39, 0.29) is 0 Å². The first-order valence-corrected chi connectivity index (χ1v) is 11.0. The number of aromatic nitrogens is 3. The lowest BCUT2D eigenvalue weighted by Gasteiger charge is -2.19. The minimum Gasteiger partial charge on any atom is -0.383 e. The van der Waals surface area contributed by atoms with Crippen molar-refractivity contribution in [2.75, 3.05) is 19.0 Å². The van der Waals surface area contributed by atoms with Gasteiger partial charge in [0.2, 0.25) is 0 Å². The van der Waals surface area contributed by atoms with Crippen LogP contribution in [-0.2, 0) is 4.74 Å². The fourth-order valence-corrected chi connectivity index (χ4v) is 3.96. The van der Waals surface area contributed by atoms with E-state index in [4.69, 9.17) is 14.7 Å². The summed E-state index contributed by atoms with van der Waals surface area (Å²) in [5.41, 5.74) is 7.70. The molecule has 0 aromatic carbocycles. The smallest absolute Gasteiger partial charge is 0.135 e. The first-order chi connectivity index (χ1) is 14.3. The van der Waals surface area contributed by atoms with Gasteiger partial charge in [0.05, 0.1) is 29.4 Å². The molecule has 0 amide bonds. The number of aryl methyl sites for hydroxylation is 2. The third-order valence-corrected chi connectivity index (χ3v) is 5.59. The number of rotatable bonds is 8. The number of anilines is 1. The van der Waals surface area contributed by atoms with Crippen molar-refractivity contribution in [2.24, 2.45) is 0 Å². The predicted molar refractivity (Wildman–Crippen MR) is 126 cm³/mol. The van der Waals surface area contributed by atoms with Gasteiger partial charge in [0.1, 0.15) is 5.82 Å². The van der Waals surface area contributed by atoms with E-state index in [9.17, 15) is 0 Å². The molecule has 5 heteroatoms. The zero-order chi connectivity index (χ0) is 22.0. The zero-order valence-corrected chi connectivity index (χ0v) is 19.7. The molecule has 1 atom stereocenters. The van der Waals surface area contributed by atoms with Crippen molar-refractivity contribution in [1.82, 2.24) is 14.5 Å². The summed E-state index contributed by atoms with van der Waals surface area (Å²) < 4.78 is 7.78. The monoisotopic (exact) mass is 408 g/mol. The van der Waals surface area contributed by atoms with Gasteiger partial charge >= 0.3 is 0 Å². The molecule has 3 aromatic rings. The Morgan fingerprint density at radius 3 is 2.40 bits per heavy atom. The quantitative estimate of drug-likeness (QED) is 0.478. The van der Waals surface area contributed by atoms with Gasteiger partial charge in [0.25, 0.3) is 0 Å². The van der Waals surface area contributed by atoms with Crippen LogP contribution in [0.25, 0.3) is 22.3 Å². The van der Waals surface area contributed by atoms with Gasteiger partial charge in [0, 0.05) is 30.6 Å². The van der Waals surface area contributed by atoms with Crippen LogP contribution in [0.4, 0.5) is 5.82 Å². The molecular weight excluding hydrogens is 372 g/mol. The van der Waals surface area contributed by atoms with E-state index in [0.29, 0.717) is 24.6 Å². The number of hydrogen-bond acceptors (Lipinski definition) is 4. The van der Waals surface area contributed by atoms with Crippen LogP contribution in [0.15, 0.2) is 24.4 Å². The number of fused-ring (bicyclic) bond motifs is 1. The predicted octanol–water partition coefficient (Wildman–Crippen LogP) is 6.26. The van der Waals surface area contributed by atoms with E-state index in [0.717, 1.165) is 40.3 Å². The summed E-state index contributed by atoms with van der Waals surface area (Å²) in [6.07, 6.45) is 3.22. The molecule has 0 saturated carbocycles. The van der Waals surface area contributed by atoms with Gasteiger partial charge in [-0.1, -0.05) is 20.8 Å². The molecule has 0 unspecified atom stereocenters. The van der Waals surface area contributed by atoms with Crippen molar-refractivity contribution in [2.45, 2.75) is 72.9 Å². The highest BCUT2D eigenvalue weighted by Crippen LogP contribution is 2.34. The van der Waals surface area contributed by atoms with Crippen molar-refractivity contribution in [1.29, 1.82) is 0 Å². The molecule has 30 heavy (non-hydrogen) atoms. The number of pyridine rings is 2.